The predicted molar refractivity (Wildman–Crippen MR) is 105 cm³/mol. The van der Waals surface area contributed by atoms with Gasteiger partial charge in [-0.2, -0.15) is 13.2 Å². The van der Waals surface area contributed by atoms with Crippen LogP contribution in [0.2, 0.25) is 0 Å². The van der Waals surface area contributed by atoms with E-state index in [-0.39, 0.29) is 11.3 Å². The maximum absolute atomic E-state index is 13.1. The minimum atomic E-state index is -4.57. The molecule has 1 aliphatic rings. The van der Waals surface area contributed by atoms with Crippen LogP contribution >= 0.6 is 0 Å². The maximum Gasteiger partial charge on any atom is 0.416 e. The van der Waals surface area contributed by atoms with Gasteiger partial charge in [0.05, 0.1) is 12.7 Å². The molecule has 1 fully saturated rings. The summed E-state index contributed by atoms with van der Waals surface area (Å²) in [5.74, 6) is -0.895. The zero-order valence-corrected chi connectivity index (χ0v) is 17.0. The number of imide groups is 1. The molecule has 0 aromatic heterocycles. The molecule has 2 aromatic rings. The number of alkyl halides is 3. The van der Waals surface area contributed by atoms with Gasteiger partial charge in [0.15, 0.2) is 0 Å². The van der Waals surface area contributed by atoms with Crippen molar-refractivity contribution in [2.75, 3.05) is 19.0 Å². The van der Waals surface area contributed by atoms with Crippen molar-refractivity contribution in [3.05, 3.63) is 59.2 Å². The number of anilines is 1. The molecule has 0 radical (unpaired) electrons. The molecule has 3 rings (SSSR count). The molecule has 2 N–H and O–H groups in total. The van der Waals surface area contributed by atoms with Crippen molar-refractivity contribution in [3.63, 3.8) is 0 Å². The Morgan fingerprint density at radius 2 is 1.81 bits per heavy atom. The molecule has 7 nitrogen and oxygen atoms in total. The Morgan fingerprint density at radius 3 is 2.39 bits per heavy atom. The summed E-state index contributed by atoms with van der Waals surface area (Å²) in [6, 6.07) is 9.06. The number of hydrogen-bond acceptors (Lipinski definition) is 4. The molecule has 1 aliphatic heterocycles. The zero-order chi connectivity index (χ0) is 23.0. The Hall–Kier alpha value is -3.56. The minimum Gasteiger partial charge on any atom is -0.497 e. The molecule has 1 saturated heterocycles. The zero-order valence-electron chi connectivity index (χ0n) is 17.0. The fourth-order valence-corrected chi connectivity index (χ4v) is 3.31. The van der Waals surface area contributed by atoms with Gasteiger partial charge in [-0.1, -0.05) is 18.2 Å². The molecule has 4 amide bonds. The highest BCUT2D eigenvalue weighted by Crippen LogP contribution is 2.34. The Morgan fingerprint density at radius 1 is 1.16 bits per heavy atom. The molecule has 10 heteroatoms. The highest BCUT2D eigenvalue weighted by Gasteiger charge is 2.49. The van der Waals surface area contributed by atoms with Crippen LogP contribution in [0.5, 0.6) is 5.75 Å². The van der Waals surface area contributed by atoms with Gasteiger partial charge in [0.1, 0.15) is 17.8 Å². The minimum absolute atomic E-state index is 0.00913. The van der Waals surface area contributed by atoms with Gasteiger partial charge in [-0.15, -0.1) is 0 Å². The van der Waals surface area contributed by atoms with E-state index in [1.54, 1.807) is 24.3 Å². The second-order valence-corrected chi connectivity index (χ2v) is 7.25. The first-order chi connectivity index (χ1) is 14.5. The first kappa shape index (κ1) is 22.1. The van der Waals surface area contributed by atoms with Gasteiger partial charge in [-0.25, -0.2) is 4.79 Å². The van der Waals surface area contributed by atoms with Gasteiger partial charge >= 0.3 is 12.2 Å². The van der Waals surface area contributed by atoms with Crippen LogP contribution in [0, 0.1) is 6.92 Å². The van der Waals surface area contributed by atoms with Crippen LogP contribution in [0.3, 0.4) is 0 Å². The maximum atomic E-state index is 13.1. The summed E-state index contributed by atoms with van der Waals surface area (Å²) in [7, 11) is 1.49. The second-order valence-electron chi connectivity index (χ2n) is 7.25. The number of aryl methyl sites for hydroxylation is 1. The molecule has 31 heavy (non-hydrogen) atoms. The Kier molecular flexibility index (Phi) is 5.66. The Balaban J connectivity index is 1.75. The number of amides is 4. The van der Waals surface area contributed by atoms with Crippen molar-refractivity contribution < 1.29 is 32.3 Å². The van der Waals surface area contributed by atoms with Crippen molar-refractivity contribution >= 4 is 23.5 Å². The largest absolute Gasteiger partial charge is 0.497 e. The lowest BCUT2D eigenvalue weighted by Gasteiger charge is -2.22. The molecule has 2 aromatic carbocycles. The predicted octanol–water partition coefficient (Wildman–Crippen LogP) is 3.43. The average Bonchev–Trinajstić information content (AvgIpc) is 2.92. The van der Waals surface area contributed by atoms with Crippen molar-refractivity contribution in [2.24, 2.45) is 0 Å². The molecule has 164 valence electrons. The topological polar surface area (TPSA) is 87.7 Å². The summed E-state index contributed by atoms with van der Waals surface area (Å²) in [6.07, 6.45) is -4.57. The number of halogens is 3. The van der Waals surface area contributed by atoms with Crippen molar-refractivity contribution in [2.45, 2.75) is 25.6 Å². The molecule has 0 saturated carbocycles. The summed E-state index contributed by atoms with van der Waals surface area (Å²) in [6.45, 7) is 2.16. The number of carbonyl (C=O) groups excluding carboxylic acids is 3. The number of nitrogens with zero attached hydrogens (tertiary/aromatic N) is 1. The van der Waals surface area contributed by atoms with E-state index in [4.69, 9.17) is 4.74 Å². The lowest BCUT2D eigenvalue weighted by molar-refractivity contribution is -0.138. The van der Waals surface area contributed by atoms with Gasteiger partial charge < -0.3 is 15.4 Å². The van der Waals surface area contributed by atoms with Gasteiger partial charge in [0.2, 0.25) is 5.91 Å². The fourth-order valence-electron chi connectivity index (χ4n) is 3.31. The fraction of sp³-hybridized carbons (Fsp3) is 0.286. The molecule has 1 heterocycles. The molecule has 1 unspecified atom stereocenters. The lowest BCUT2D eigenvalue weighted by atomic mass is 9.92. The molecule has 1 atom stereocenters. The highest BCUT2D eigenvalue weighted by atomic mass is 19.4. The summed E-state index contributed by atoms with van der Waals surface area (Å²) < 4.78 is 44.3. The number of methoxy groups -OCH3 is 1. The smallest absolute Gasteiger partial charge is 0.416 e. The Labute approximate surface area is 176 Å². The van der Waals surface area contributed by atoms with Crippen LogP contribution in [0.1, 0.15) is 23.6 Å². The van der Waals surface area contributed by atoms with E-state index >= 15 is 0 Å². The molecule has 0 bridgehead atoms. The van der Waals surface area contributed by atoms with Crippen LogP contribution in [0.25, 0.3) is 0 Å². The normalized spacial score (nSPS) is 18.7. The number of urea groups is 1. The summed E-state index contributed by atoms with van der Waals surface area (Å²) in [5.41, 5.74) is -1.87. The monoisotopic (exact) mass is 435 g/mol. The van der Waals surface area contributed by atoms with Gasteiger partial charge in [0, 0.05) is 5.69 Å². The van der Waals surface area contributed by atoms with Crippen LogP contribution in [0.15, 0.2) is 42.5 Å². The van der Waals surface area contributed by atoms with E-state index in [2.05, 4.69) is 10.6 Å². The van der Waals surface area contributed by atoms with Crippen LogP contribution in [0.4, 0.5) is 23.7 Å². The first-order valence-corrected chi connectivity index (χ1v) is 9.22. The molecule has 0 spiro atoms. The number of rotatable bonds is 5. The van der Waals surface area contributed by atoms with E-state index in [9.17, 15) is 27.6 Å². The summed E-state index contributed by atoms with van der Waals surface area (Å²) in [4.78, 5) is 38.3. The van der Waals surface area contributed by atoms with Crippen molar-refractivity contribution in [3.8, 4) is 5.75 Å². The van der Waals surface area contributed by atoms with E-state index in [1.807, 2.05) is 0 Å². The van der Waals surface area contributed by atoms with E-state index < -0.39 is 41.7 Å². The van der Waals surface area contributed by atoms with Gasteiger partial charge in [-0.3, -0.25) is 14.5 Å². The standard InChI is InChI=1S/C21H20F3N3O4/c1-12-4-7-14(10-16(12)21(22,23)24)25-17(28)11-27-18(29)20(2,26-19(27)30)13-5-8-15(31-3)9-6-13/h4-10H,11H2,1-3H3,(H,25,28)(H,26,30). The molecular weight excluding hydrogens is 415 g/mol. The third-order valence-electron chi connectivity index (χ3n) is 5.07. The van der Waals surface area contributed by atoms with Crippen LogP contribution < -0.4 is 15.4 Å². The quantitative estimate of drug-likeness (QED) is 0.705. The molecular formula is C21H20F3N3O4. The van der Waals surface area contributed by atoms with E-state index in [0.29, 0.717) is 11.3 Å². The van der Waals surface area contributed by atoms with Gasteiger partial charge in [-0.05, 0) is 49.2 Å². The van der Waals surface area contributed by atoms with Crippen molar-refractivity contribution in [1.82, 2.24) is 10.2 Å². The Bertz CT molecular complexity index is 1040. The second kappa shape index (κ2) is 7.93. The SMILES string of the molecule is COc1ccc(C2(C)NC(=O)N(CC(=O)Nc3ccc(C)c(C(F)(F)F)c3)C2=O)cc1. The number of hydrogen-bond donors (Lipinski definition) is 2. The van der Waals surface area contributed by atoms with Crippen molar-refractivity contribution in [1.29, 1.82) is 0 Å². The third kappa shape index (κ3) is 4.32. The van der Waals surface area contributed by atoms with Crippen LogP contribution in [-0.4, -0.2) is 36.4 Å². The molecule has 0 aliphatic carbocycles. The third-order valence-corrected chi connectivity index (χ3v) is 5.07. The van der Waals surface area contributed by atoms with Crippen LogP contribution in [-0.2, 0) is 21.3 Å². The number of nitrogens with one attached hydrogen (secondary N) is 2. The summed E-state index contributed by atoms with van der Waals surface area (Å²) in [5, 5.41) is 4.86. The lowest BCUT2D eigenvalue weighted by Crippen LogP contribution is -2.42. The summed E-state index contributed by atoms with van der Waals surface area (Å²) >= 11 is 0. The number of carbonyl (C=O) groups is 3. The van der Waals surface area contributed by atoms with E-state index in [1.165, 1.54) is 33.1 Å². The average molecular weight is 435 g/mol. The number of ether oxygens (including phenoxy) is 1. The van der Waals surface area contributed by atoms with E-state index in [0.717, 1.165) is 11.0 Å². The highest BCUT2D eigenvalue weighted by molar-refractivity contribution is 6.10. The number of benzene rings is 2. The first-order valence-electron chi connectivity index (χ1n) is 9.22. The van der Waals surface area contributed by atoms with Gasteiger partial charge in [0.25, 0.3) is 5.91 Å².